The van der Waals surface area contributed by atoms with Crippen molar-refractivity contribution in [2.75, 3.05) is 11.9 Å². The van der Waals surface area contributed by atoms with E-state index in [0.29, 0.717) is 21.3 Å². The van der Waals surface area contributed by atoms with Crippen molar-refractivity contribution < 1.29 is 14.3 Å². The first-order valence-electron chi connectivity index (χ1n) is 7.32. The first-order valence-corrected chi connectivity index (χ1v) is 8.07. The highest BCUT2D eigenvalue weighted by atomic mass is 35.5. The highest BCUT2D eigenvalue weighted by Gasteiger charge is 2.22. The predicted octanol–water partition coefficient (Wildman–Crippen LogP) is 2.85. The fourth-order valence-electron chi connectivity index (χ4n) is 2.58. The van der Waals surface area contributed by atoms with Gasteiger partial charge in [-0.3, -0.25) is 15.2 Å². The van der Waals surface area contributed by atoms with Gasteiger partial charge in [-0.1, -0.05) is 34.4 Å². The normalized spacial score (nSPS) is 11.2. The van der Waals surface area contributed by atoms with Crippen LogP contribution < -0.4 is 5.32 Å². The van der Waals surface area contributed by atoms with E-state index in [1.807, 2.05) is 6.07 Å². The molecule has 0 spiro atoms. The van der Waals surface area contributed by atoms with Gasteiger partial charge >= 0.3 is 6.01 Å². The van der Waals surface area contributed by atoms with Crippen LogP contribution >= 0.6 is 23.2 Å². The quantitative estimate of drug-likeness (QED) is 0.422. The second-order valence-electron chi connectivity index (χ2n) is 5.26. The number of aromatic amines is 2. The van der Waals surface area contributed by atoms with Gasteiger partial charge in [-0.05, 0) is 6.07 Å². The third kappa shape index (κ3) is 2.71. The van der Waals surface area contributed by atoms with Crippen molar-refractivity contribution >= 4 is 46.0 Å². The molecule has 26 heavy (non-hydrogen) atoms. The maximum Gasteiger partial charge on any atom is 0.322 e. The van der Waals surface area contributed by atoms with Crippen LogP contribution in [0.1, 0.15) is 0 Å². The second-order valence-corrected chi connectivity index (χ2v) is 6.05. The molecule has 0 radical (unpaired) electrons. The first kappa shape index (κ1) is 16.6. The summed E-state index contributed by atoms with van der Waals surface area (Å²) >= 11 is 12.4. The van der Waals surface area contributed by atoms with Crippen molar-refractivity contribution in [2.24, 2.45) is 0 Å². The monoisotopic (exact) mass is 392 g/mol. The Bertz CT molecular complexity index is 1100. The molecule has 4 aromatic rings. The van der Waals surface area contributed by atoms with E-state index in [9.17, 15) is 4.79 Å². The van der Waals surface area contributed by atoms with Gasteiger partial charge in [-0.15, -0.1) is 5.10 Å². The molecule has 4 rings (SSSR count). The average molecular weight is 393 g/mol. The third-order valence-corrected chi connectivity index (χ3v) is 4.48. The molecule has 0 aliphatic heterocycles. The van der Waals surface area contributed by atoms with Crippen molar-refractivity contribution in [1.82, 2.24) is 25.4 Å². The molecule has 0 saturated heterocycles. The Morgan fingerprint density at radius 3 is 2.88 bits per heavy atom. The Labute approximate surface area is 155 Å². The van der Waals surface area contributed by atoms with Crippen molar-refractivity contribution in [3.63, 3.8) is 0 Å². The number of aliphatic hydroxyl groups is 1. The number of anilines is 1. The topological polar surface area (TPSA) is 133 Å². The SMILES string of the molecule is O=C(CO)Nc1nnc(-c2[nH]c3c(Cl)c(Cl)ccc3c2-c2cn[nH]c2)o1. The predicted molar refractivity (Wildman–Crippen MR) is 94.9 cm³/mol. The summed E-state index contributed by atoms with van der Waals surface area (Å²) in [5.41, 5.74) is 2.59. The lowest BCUT2D eigenvalue weighted by molar-refractivity contribution is -0.118. The van der Waals surface area contributed by atoms with Crippen LogP contribution in [0.15, 0.2) is 28.9 Å². The van der Waals surface area contributed by atoms with E-state index in [-0.39, 0.29) is 11.9 Å². The number of rotatable bonds is 4. The van der Waals surface area contributed by atoms with Crippen LogP contribution in [0.3, 0.4) is 0 Å². The van der Waals surface area contributed by atoms with Crippen LogP contribution in [-0.4, -0.2) is 43.0 Å². The number of aliphatic hydroxyl groups excluding tert-OH is 1. The molecule has 0 unspecified atom stereocenters. The first-order chi connectivity index (χ1) is 12.6. The molecule has 0 aliphatic carbocycles. The highest BCUT2D eigenvalue weighted by molar-refractivity contribution is 6.45. The Morgan fingerprint density at radius 2 is 2.15 bits per heavy atom. The molecule has 132 valence electrons. The lowest BCUT2D eigenvalue weighted by Gasteiger charge is -1.99. The van der Waals surface area contributed by atoms with E-state index in [1.165, 1.54) is 0 Å². The van der Waals surface area contributed by atoms with Gasteiger partial charge in [0.25, 0.3) is 11.8 Å². The molecular weight excluding hydrogens is 383 g/mol. The van der Waals surface area contributed by atoms with Crippen LogP contribution in [-0.2, 0) is 4.79 Å². The van der Waals surface area contributed by atoms with E-state index >= 15 is 0 Å². The van der Waals surface area contributed by atoms with Crippen molar-refractivity contribution in [1.29, 1.82) is 0 Å². The van der Waals surface area contributed by atoms with E-state index in [0.717, 1.165) is 16.5 Å². The molecule has 0 atom stereocenters. The van der Waals surface area contributed by atoms with Gasteiger partial charge in [0, 0.05) is 22.7 Å². The number of nitrogens with one attached hydrogen (secondary N) is 3. The number of benzene rings is 1. The second kappa shape index (κ2) is 6.45. The van der Waals surface area contributed by atoms with Crippen LogP contribution in [0.4, 0.5) is 6.01 Å². The van der Waals surface area contributed by atoms with E-state index in [1.54, 1.807) is 18.5 Å². The number of fused-ring (bicyclic) bond motifs is 1. The fourth-order valence-corrected chi connectivity index (χ4v) is 2.95. The minimum absolute atomic E-state index is 0.123. The van der Waals surface area contributed by atoms with Crippen molar-refractivity contribution in [2.45, 2.75) is 0 Å². The van der Waals surface area contributed by atoms with E-state index in [4.69, 9.17) is 32.7 Å². The average Bonchev–Trinajstić information content (AvgIpc) is 3.36. The summed E-state index contributed by atoms with van der Waals surface area (Å²) < 4.78 is 5.48. The number of aromatic nitrogens is 5. The van der Waals surface area contributed by atoms with Gasteiger partial charge < -0.3 is 14.5 Å². The number of halogens is 2. The maximum atomic E-state index is 11.3. The lowest BCUT2D eigenvalue weighted by Crippen LogP contribution is -2.15. The molecule has 1 amide bonds. The molecule has 0 bridgehead atoms. The summed E-state index contributed by atoms with van der Waals surface area (Å²) in [6, 6.07) is 3.37. The summed E-state index contributed by atoms with van der Waals surface area (Å²) in [5.74, 6) is -0.542. The summed E-state index contributed by atoms with van der Waals surface area (Å²) in [5, 5.41) is 27.0. The molecular formula is C15H10Cl2N6O3. The number of hydrogen-bond acceptors (Lipinski definition) is 6. The van der Waals surface area contributed by atoms with Crippen molar-refractivity contribution in [3.05, 3.63) is 34.6 Å². The molecule has 3 aromatic heterocycles. The van der Waals surface area contributed by atoms with E-state index < -0.39 is 12.5 Å². The molecule has 11 heteroatoms. The van der Waals surface area contributed by atoms with Gasteiger partial charge in [0.1, 0.15) is 12.3 Å². The zero-order valence-corrected chi connectivity index (χ0v) is 14.4. The zero-order chi connectivity index (χ0) is 18.3. The fraction of sp³-hybridized carbons (Fsp3) is 0.0667. The third-order valence-electron chi connectivity index (χ3n) is 3.68. The number of carbonyl (C=O) groups is 1. The molecule has 3 heterocycles. The molecule has 0 fully saturated rings. The Hall–Kier alpha value is -2.88. The number of nitrogens with zero attached hydrogens (tertiary/aromatic N) is 3. The van der Waals surface area contributed by atoms with Crippen LogP contribution in [0.5, 0.6) is 0 Å². The summed E-state index contributed by atoms with van der Waals surface area (Å²) in [4.78, 5) is 14.4. The Balaban J connectivity index is 1.91. The van der Waals surface area contributed by atoms with Crippen molar-refractivity contribution in [3.8, 4) is 22.7 Å². The van der Waals surface area contributed by atoms with Gasteiger partial charge in [0.15, 0.2) is 0 Å². The Kier molecular flexibility index (Phi) is 4.11. The standard InChI is InChI=1S/C15H10Cl2N6O3/c16-8-2-1-7-10(6-3-18-19-4-6)13(21-12(7)11(8)17)14-22-23-15(26-14)20-9(25)5-24/h1-4,21,24H,5H2,(H,18,19)(H,20,23,25). The molecule has 0 saturated carbocycles. The number of amides is 1. The van der Waals surface area contributed by atoms with Gasteiger partial charge in [-0.2, -0.15) is 5.10 Å². The number of H-pyrrole nitrogens is 2. The Morgan fingerprint density at radius 1 is 1.31 bits per heavy atom. The van der Waals surface area contributed by atoms with Gasteiger partial charge in [0.2, 0.25) is 0 Å². The molecule has 4 N–H and O–H groups in total. The molecule has 1 aromatic carbocycles. The maximum absolute atomic E-state index is 11.3. The smallest absolute Gasteiger partial charge is 0.322 e. The highest BCUT2D eigenvalue weighted by Crippen LogP contribution is 2.41. The summed E-state index contributed by atoms with van der Waals surface area (Å²) in [7, 11) is 0. The molecule has 0 aliphatic rings. The van der Waals surface area contributed by atoms with Crippen LogP contribution in [0.25, 0.3) is 33.6 Å². The number of carbonyl (C=O) groups excluding carboxylic acids is 1. The van der Waals surface area contributed by atoms with Crippen LogP contribution in [0.2, 0.25) is 10.0 Å². The largest absolute Gasteiger partial charge is 0.401 e. The summed E-state index contributed by atoms with van der Waals surface area (Å²) in [6.45, 7) is -0.696. The minimum atomic E-state index is -0.696. The lowest BCUT2D eigenvalue weighted by atomic mass is 10.1. The van der Waals surface area contributed by atoms with Gasteiger partial charge in [-0.25, -0.2) is 0 Å². The summed E-state index contributed by atoms with van der Waals surface area (Å²) in [6.07, 6.45) is 3.35. The minimum Gasteiger partial charge on any atom is -0.401 e. The molecule has 9 nitrogen and oxygen atoms in total. The van der Waals surface area contributed by atoms with E-state index in [2.05, 4.69) is 30.7 Å². The van der Waals surface area contributed by atoms with Crippen LogP contribution in [0, 0.1) is 0 Å². The van der Waals surface area contributed by atoms with Gasteiger partial charge in [0.05, 0.1) is 21.8 Å². The zero-order valence-electron chi connectivity index (χ0n) is 12.9. The number of hydrogen-bond donors (Lipinski definition) is 4.